The normalized spacial score (nSPS) is 15.1. The number of hydrogen-bond acceptors (Lipinski definition) is 6. The molecule has 0 radical (unpaired) electrons. The number of hydrogen-bond donors (Lipinski definition) is 1. The maximum absolute atomic E-state index is 12.8. The van der Waals surface area contributed by atoms with E-state index < -0.39 is 0 Å². The highest BCUT2D eigenvalue weighted by molar-refractivity contribution is 6.04. The predicted octanol–water partition coefficient (Wildman–Crippen LogP) is 1.12. The van der Waals surface area contributed by atoms with Gasteiger partial charge in [-0.25, -0.2) is 0 Å². The van der Waals surface area contributed by atoms with Crippen molar-refractivity contribution in [3.05, 3.63) is 34.7 Å². The van der Waals surface area contributed by atoms with E-state index in [0.717, 1.165) is 43.5 Å². The average Bonchev–Trinajstić information content (AvgIpc) is 3.21. The van der Waals surface area contributed by atoms with Gasteiger partial charge in [0.1, 0.15) is 12.3 Å². The molecule has 0 unspecified atom stereocenters. The summed E-state index contributed by atoms with van der Waals surface area (Å²) in [5.74, 6) is 0.544. The molecule has 0 saturated carbocycles. The van der Waals surface area contributed by atoms with Gasteiger partial charge in [-0.1, -0.05) is 0 Å². The van der Waals surface area contributed by atoms with Crippen molar-refractivity contribution >= 4 is 27.7 Å². The quantitative estimate of drug-likeness (QED) is 0.608. The molecule has 1 N–H and O–H groups in total. The zero-order valence-corrected chi connectivity index (χ0v) is 18.3. The Kier molecular flexibility index (Phi) is 6.24. The molecule has 1 aliphatic heterocycles. The Morgan fingerprint density at radius 3 is 2.84 bits per heavy atom. The second-order valence-corrected chi connectivity index (χ2v) is 7.99. The Morgan fingerprint density at radius 1 is 1.32 bits per heavy atom. The first-order chi connectivity index (χ1) is 15.0. The van der Waals surface area contributed by atoms with Crippen molar-refractivity contribution < 1.29 is 14.3 Å². The van der Waals surface area contributed by atoms with Crippen LogP contribution in [0.3, 0.4) is 0 Å². The van der Waals surface area contributed by atoms with E-state index in [9.17, 15) is 9.59 Å². The van der Waals surface area contributed by atoms with Gasteiger partial charge < -0.3 is 24.3 Å². The summed E-state index contributed by atoms with van der Waals surface area (Å²) in [5.41, 5.74) is 1.27. The maximum atomic E-state index is 12.8. The molecule has 4 rings (SSSR count). The first-order valence-corrected chi connectivity index (χ1v) is 10.6. The van der Waals surface area contributed by atoms with Crippen LogP contribution in [0.25, 0.3) is 21.8 Å². The number of nitrogens with one attached hydrogen (secondary N) is 1. The van der Waals surface area contributed by atoms with Gasteiger partial charge in [-0.05, 0) is 38.1 Å². The molecule has 31 heavy (non-hydrogen) atoms. The van der Waals surface area contributed by atoms with Crippen molar-refractivity contribution in [1.82, 2.24) is 24.6 Å². The van der Waals surface area contributed by atoms with Gasteiger partial charge >= 0.3 is 0 Å². The van der Waals surface area contributed by atoms with E-state index in [1.54, 1.807) is 23.4 Å². The summed E-state index contributed by atoms with van der Waals surface area (Å²) >= 11 is 0. The number of pyridine rings is 1. The fraction of sp³-hybridized carbons (Fsp3) is 0.500. The van der Waals surface area contributed by atoms with Crippen LogP contribution in [0.15, 0.2) is 29.2 Å². The zero-order chi connectivity index (χ0) is 22.0. The molecule has 0 aliphatic carbocycles. The number of ether oxygens (including phenoxy) is 2. The summed E-state index contributed by atoms with van der Waals surface area (Å²) in [4.78, 5) is 27.6. The molecular formula is C22H29N5O4. The molecule has 2 aromatic heterocycles. The minimum atomic E-state index is -0.141. The lowest BCUT2D eigenvalue weighted by molar-refractivity contribution is -0.121. The lowest BCUT2D eigenvalue weighted by atomic mass is 10.1. The van der Waals surface area contributed by atoms with Gasteiger partial charge in [-0.3, -0.25) is 14.3 Å². The largest absolute Gasteiger partial charge is 0.497 e. The number of aryl methyl sites for hydroxylation is 1. The van der Waals surface area contributed by atoms with E-state index in [4.69, 9.17) is 9.47 Å². The molecule has 0 spiro atoms. The molecule has 1 saturated heterocycles. The van der Waals surface area contributed by atoms with Gasteiger partial charge in [-0.2, -0.15) is 5.10 Å². The van der Waals surface area contributed by atoms with Crippen LogP contribution in [-0.4, -0.2) is 71.7 Å². The Hall–Kier alpha value is -2.91. The molecule has 3 heterocycles. The number of rotatable bonds is 7. The molecule has 1 fully saturated rings. The number of methoxy groups -OCH3 is 1. The van der Waals surface area contributed by atoms with Crippen molar-refractivity contribution in [3.8, 4) is 5.75 Å². The summed E-state index contributed by atoms with van der Waals surface area (Å²) in [6.07, 6.45) is 3.58. The molecule has 166 valence electrons. The number of likely N-dealkylation sites (N-methyl/N-ethyl adjacent to an activating group) is 1. The number of amides is 1. The average molecular weight is 428 g/mol. The second-order valence-electron chi connectivity index (χ2n) is 7.99. The monoisotopic (exact) mass is 427 g/mol. The van der Waals surface area contributed by atoms with Crippen LogP contribution in [-0.2, 0) is 23.1 Å². The zero-order valence-electron chi connectivity index (χ0n) is 18.3. The summed E-state index contributed by atoms with van der Waals surface area (Å²) in [7, 11) is 5.41. The highest BCUT2D eigenvalue weighted by Crippen LogP contribution is 2.26. The number of fused-ring (bicyclic) bond motifs is 3. The first kappa shape index (κ1) is 21.3. The van der Waals surface area contributed by atoms with Gasteiger partial charge in [-0.15, -0.1) is 0 Å². The topological polar surface area (TPSA) is 90.6 Å². The fourth-order valence-corrected chi connectivity index (χ4v) is 4.23. The van der Waals surface area contributed by atoms with Crippen LogP contribution in [0.1, 0.15) is 12.8 Å². The van der Waals surface area contributed by atoms with Crippen molar-refractivity contribution in [3.63, 3.8) is 0 Å². The van der Waals surface area contributed by atoms with E-state index in [1.807, 2.05) is 18.2 Å². The molecule has 9 nitrogen and oxygen atoms in total. The van der Waals surface area contributed by atoms with Gasteiger partial charge in [0.05, 0.1) is 29.7 Å². The third kappa shape index (κ3) is 4.28. The standard InChI is InChI=1S/C22H29N5O4/c1-25(15-6-10-31-11-7-15)9-8-23-20(28)14-27-21-17-12-16(30-3)4-5-19(17)26(2)22(29)18(21)13-24-27/h4-5,12-13,15H,6-11,14H2,1-3H3,(H,23,28). The Bertz CT molecular complexity index is 1150. The molecule has 0 bridgehead atoms. The van der Waals surface area contributed by atoms with Crippen LogP contribution in [0.5, 0.6) is 5.75 Å². The number of carbonyl (C=O) groups is 1. The Morgan fingerprint density at radius 2 is 2.10 bits per heavy atom. The van der Waals surface area contributed by atoms with E-state index in [-0.39, 0.29) is 18.0 Å². The van der Waals surface area contributed by atoms with Crippen LogP contribution < -0.4 is 15.6 Å². The Labute approximate surface area is 180 Å². The molecule has 9 heteroatoms. The minimum absolute atomic E-state index is 0.0456. The van der Waals surface area contributed by atoms with Crippen LogP contribution in [0.2, 0.25) is 0 Å². The smallest absolute Gasteiger partial charge is 0.261 e. The highest BCUT2D eigenvalue weighted by Gasteiger charge is 2.19. The van der Waals surface area contributed by atoms with Crippen LogP contribution in [0, 0.1) is 0 Å². The lowest BCUT2D eigenvalue weighted by Gasteiger charge is -2.31. The molecule has 0 atom stereocenters. The van der Waals surface area contributed by atoms with Gasteiger partial charge in [0.25, 0.3) is 5.56 Å². The van der Waals surface area contributed by atoms with E-state index in [0.29, 0.717) is 29.2 Å². The lowest BCUT2D eigenvalue weighted by Crippen LogP contribution is -2.41. The van der Waals surface area contributed by atoms with Gasteiger partial charge in [0, 0.05) is 44.8 Å². The van der Waals surface area contributed by atoms with Gasteiger partial charge in [0.15, 0.2) is 0 Å². The maximum Gasteiger partial charge on any atom is 0.261 e. The second kappa shape index (κ2) is 9.07. The van der Waals surface area contributed by atoms with Gasteiger partial charge in [0.2, 0.25) is 5.91 Å². The van der Waals surface area contributed by atoms with Crippen molar-refractivity contribution in [2.24, 2.45) is 7.05 Å². The van der Waals surface area contributed by atoms with E-state index in [1.165, 1.54) is 6.20 Å². The SMILES string of the molecule is COc1ccc2c(c1)c1c(cnn1CC(=O)NCCN(C)C1CCOCC1)c(=O)n2C. The first-order valence-electron chi connectivity index (χ1n) is 10.6. The molecule has 1 amide bonds. The molecule has 3 aromatic rings. The third-order valence-corrected chi connectivity index (χ3v) is 6.09. The van der Waals surface area contributed by atoms with Crippen molar-refractivity contribution in [1.29, 1.82) is 0 Å². The highest BCUT2D eigenvalue weighted by atomic mass is 16.5. The number of nitrogens with zero attached hydrogens (tertiary/aromatic N) is 4. The third-order valence-electron chi connectivity index (χ3n) is 6.09. The summed E-state index contributed by atoms with van der Waals surface area (Å²) in [6, 6.07) is 6.03. The number of aromatic nitrogens is 3. The fourth-order valence-electron chi connectivity index (χ4n) is 4.23. The van der Waals surface area contributed by atoms with Crippen molar-refractivity contribution in [2.75, 3.05) is 40.5 Å². The number of benzene rings is 1. The summed E-state index contributed by atoms with van der Waals surface area (Å²) in [6.45, 7) is 2.97. The van der Waals surface area contributed by atoms with E-state index in [2.05, 4.69) is 22.4 Å². The summed E-state index contributed by atoms with van der Waals surface area (Å²) < 4.78 is 14.0. The summed E-state index contributed by atoms with van der Waals surface area (Å²) in [5, 5.41) is 8.61. The molecular weight excluding hydrogens is 398 g/mol. The number of carbonyl (C=O) groups excluding carboxylic acids is 1. The van der Waals surface area contributed by atoms with Crippen LogP contribution >= 0.6 is 0 Å². The van der Waals surface area contributed by atoms with E-state index >= 15 is 0 Å². The minimum Gasteiger partial charge on any atom is -0.497 e. The Balaban J connectivity index is 1.50. The molecule has 1 aromatic carbocycles. The van der Waals surface area contributed by atoms with Crippen LogP contribution in [0.4, 0.5) is 0 Å². The predicted molar refractivity (Wildman–Crippen MR) is 119 cm³/mol. The van der Waals surface area contributed by atoms with Crippen molar-refractivity contribution in [2.45, 2.75) is 25.4 Å². The molecule has 1 aliphatic rings.